The molecule has 0 atom stereocenters. The van der Waals surface area contributed by atoms with Crippen molar-refractivity contribution < 1.29 is 9.15 Å². The molecule has 0 bridgehead atoms. The van der Waals surface area contributed by atoms with Crippen molar-refractivity contribution in [3.05, 3.63) is 29.0 Å². The van der Waals surface area contributed by atoms with Crippen LogP contribution in [-0.4, -0.2) is 13.7 Å². The third-order valence-corrected chi connectivity index (χ3v) is 3.52. The zero-order valence-electron chi connectivity index (χ0n) is 13.0. The third-order valence-electron chi connectivity index (χ3n) is 3.52. The molecule has 1 aromatic heterocycles. The van der Waals surface area contributed by atoms with E-state index in [-0.39, 0.29) is 0 Å². The second-order valence-electron chi connectivity index (χ2n) is 5.27. The molecule has 0 fully saturated rings. The van der Waals surface area contributed by atoms with Crippen molar-refractivity contribution in [1.82, 2.24) is 5.32 Å². The van der Waals surface area contributed by atoms with Crippen molar-refractivity contribution in [2.75, 3.05) is 13.7 Å². The smallest absolute Gasteiger partial charge is 0.176 e. The van der Waals surface area contributed by atoms with Crippen molar-refractivity contribution in [1.29, 1.82) is 0 Å². The van der Waals surface area contributed by atoms with E-state index in [4.69, 9.17) is 9.15 Å². The van der Waals surface area contributed by atoms with Crippen LogP contribution in [0.2, 0.25) is 0 Å². The van der Waals surface area contributed by atoms with Crippen LogP contribution in [0.15, 0.2) is 16.5 Å². The molecule has 1 aromatic carbocycles. The molecule has 2 rings (SSSR count). The highest BCUT2D eigenvalue weighted by Gasteiger charge is 2.17. The summed E-state index contributed by atoms with van der Waals surface area (Å²) in [5, 5.41) is 4.63. The van der Waals surface area contributed by atoms with Gasteiger partial charge < -0.3 is 14.5 Å². The zero-order valence-corrected chi connectivity index (χ0v) is 13.0. The van der Waals surface area contributed by atoms with Gasteiger partial charge in [-0.15, -0.1) is 0 Å². The average Bonchev–Trinajstić information content (AvgIpc) is 2.77. The number of hydrogen-bond donors (Lipinski definition) is 1. The summed E-state index contributed by atoms with van der Waals surface area (Å²) in [6.45, 7) is 8.28. The summed E-state index contributed by atoms with van der Waals surface area (Å²) in [6, 6.07) is 4.24. The van der Waals surface area contributed by atoms with E-state index in [0.717, 1.165) is 49.4 Å². The van der Waals surface area contributed by atoms with Crippen molar-refractivity contribution in [3.63, 3.8) is 0 Å². The van der Waals surface area contributed by atoms with E-state index in [9.17, 15) is 0 Å². The molecule has 20 heavy (non-hydrogen) atoms. The summed E-state index contributed by atoms with van der Waals surface area (Å²) in [5.41, 5.74) is 3.42. The van der Waals surface area contributed by atoms with Crippen LogP contribution >= 0.6 is 0 Å². The van der Waals surface area contributed by atoms with Crippen molar-refractivity contribution in [3.8, 4) is 5.75 Å². The van der Waals surface area contributed by atoms with Gasteiger partial charge in [0, 0.05) is 10.9 Å². The van der Waals surface area contributed by atoms with Crippen LogP contribution in [0.3, 0.4) is 0 Å². The summed E-state index contributed by atoms with van der Waals surface area (Å²) in [6.07, 6.45) is 3.29. The van der Waals surface area contributed by atoms with Crippen LogP contribution in [-0.2, 0) is 13.0 Å². The van der Waals surface area contributed by atoms with Gasteiger partial charge in [0.1, 0.15) is 5.76 Å². The Balaban J connectivity index is 2.47. The molecule has 0 spiro atoms. The van der Waals surface area contributed by atoms with Crippen molar-refractivity contribution in [2.24, 2.45) is 0 Å². The standard InChI is InChI=1S/C17H25NO2/c1-5-7-13-14-9-12(3)10-15(19-4)17(14)20-16(13)11-18-8-6-2/h9-10,18H,5-8,11H2,1-4H3. The summed E-state index contributed by atoms with van der Waals surface area (Å²) in [4.78, 5) is 0. The number of fused-ring (bicyclic) bond motifs is 1. The van der Waals surface area contributed by atoms with Crippen LogP contribution in [0.5, 0.6) is 5.75 Å². The van der Waals surface area contributed by atoms with Gasteiger partial charge >= 0.3 is 0 Å². The van der Waals surface area contributed by atoms with E-state index in [1.165, 1.54) is 16.5 Å². The molecule has 0 saturated carbocycles. The topological polar surface area (TPSA) is 34.4 Å². The van der Waals surface area contributed by atoms with Crippen molar-refractivity contribution >= 4 is 11.0 Å². The maximum absolute atomic E-state index is 6.09. The Morgan fingerprint density at radius 3 is 2.65 bits per heavy atom. The minimum absolute atomic E-state index is 0.792. The molecule has 0 aliphatic rings. The summed E-state index contributed by atoms with van der Waals surface area (Å²) in [7, 11) is 1.70. The van der Waals surface area contributed by atoms with Gasteiger partial charge in [0.2, 0.25) is 0 Å². The predicted octanol–water partition coefficient (Wildman–Crippen LogP) is 4.20. The number of furan rings is 1. The van der Waals surface area contributed by atoms with Gasteiger partial charge in [0.05, 0.1) is 13.7 Å². The molecule has 0 aliphatic heterocycles. The molecule has 0 amide bonds. The zero-order chi connectivity index (χ0) is 14.5. The lowest BCUT2D eigenvalue weighted by atomic mass is 10.0. The van der Waals surface area contributed by atoms with E-state index in [1.54, 1.807) is 7.11 Å². The lowest BCUT2D eigenvalue weighted by Gasteiger charge is -2.03. The van der Waals surface area contributed by atoms with E-state index in [0.29, 0.717) is 0 Å². The van der Waals surface area contributed by atoms with Crippen LogP contribution in [0.1, 0.15) is 43.6 Å². The maximum Gasteiger partial charge on any atom is 0.176 e. The highest BCUT2D eigenvalue weighted by atomic mass is 16.5. The molecular weight excluding hydrogens is 250 g/mol. The van der Waals surface area contributed by atoms with Gasteiger partial charge in [-0.1, -0.05) is 20.3 Å². The Hall–Kier alpha value is -1.48. The van der Waals surface area contributed by atoms with Crippen LogP contribution < -0.4 is 10.1 Å². The first-order valence-electron chi connectivity index (χ1n) is 7.50. The fourth-order valence-corrected chi connectivity index (χ4v) is 2.60. The first-order valence-corrected chi connectivity index (χ1v) is 7.50. The number of ether oxygens (including phenoxy) is 1. The Morgan fingerprint density at radius 1 is 1.20 bits per heavy atom. The predicted molar refractivity (Wildman–Crippen MR) is 83.5 cm³/mol. The molecule has 1 heterocycles. The van der Waals surface area contributed by atoms with Crippen LogP contribution in [0.25, 0.3) is 11.0 Å². The number of hydrogen-bond acceptors (Lipinski definition) is 3. The fourth-order valence-electron chi connectivity index (χ4n) is 2.60. The largest absolute Gasteiger partial charge is 0.493 e. The SMILES string of the molecule is CCCNCc1oc2c(OC)cc(C)cc2c1CCC. The highest BCUT2D eigenvalue weighted by molar-refractivity contribution is 5.88. The average molecular weight is 275 g/mol. The minimum atomic E-state index is 0.792. The van der Waals surface area contributed by atoms with E-state index < -0.39 is 0 Å². The lowest BCUT2D eigenvalue weighted by Crippen LogP contribution is -2.14. The Bertz CT molecular complexity index is 572. The van der Waals surface area contributed by atoms with Crippen LogP contribution in [0.4, 0.5) is 0 Å². The van der Waals surface area contributed by atoms with Gasteiger partial charge in [-0.25, -0.2) is 0 Å². The molecule has 1 N–H and O–H groups in total. The van der Waals surface area contributed by atoms with Gasteiger partial charge in [-0.3, -0.25) is 0 Å². The molecule has 0 aliphatic carbocycles. The molecule has 110 valence electrons. The Labute approximate surface area is 121 Å². The molecule has 3 nitrogen and oxygen atoms in total. The van der Waals surface area contributed by atoms with Gasteiger partial charge in [-0.05, 0) is 44.0 Å². The second-order valence-corrected chi connectivity index (χ2v) is 5.27. The molecule has 3 heteroatoms. The first kappa shape index (κ1) is 14.9. The number of methoxy groups -OCH3 is 1. The quantitative estimate of drug-likeness (QED) is 0.769. The monoisotopic (exact) mass is 275 g/mol. The highest BCUT2D eigenvalue weighted by Crippen LogP contribution is 2.34. The summed E-state index contributed by atoms with van der Waals surface area (Å²) in [5.74, 6) is 1.89. The molecule has 2 aromatic rings. The second kappa shape index (κ2) is 6.80. The van der Waals surface area contributed by atoms with Gasteiger partial charge in [0.25, 0.3) is 0 Å². The number of rotatable bonds is 7. The third kappa shape index (κ3) is 2.98. The molecular formula is C17H25NO2. The first-order chi connectivity index (χ1) is 9.71. The van der Waals surface area contributed by atoms with E-state index in [2.05, 4.69) is 32.2 Å². The number of nitrogens with one attached hydrogen (secondary N) is 1. The minimum Gasteiger partial charge on any atom is -0.493 e. The number of benzene rings is 1. The summed E-state index contributed by atoms with van der Waals surface area (Å²) < 4.78 is 11.6. The van der Waals surface area contributed by atoms with Crippen molar-refractivity contribution in [2.45, 2.75) is 46.6 Å². The normalized spacial score (nSPS) is 11.2. The maximum atomic E-state index is 6.09. The molecule has 0 saturated heterocycles. The van der Waals surface area contributed by atoms with Gasteiger partial charge in [0.15, 0.2) is 11.3 Å². The Morgan fingerprint density at radius 2 is 2.00 bits per heavy atom. The van der Waals surface area contributed by atoms with E-state index >= 15 is 0 Å². The van der Waals surface area contributed by atoms with E-state index in [1.807, 2.05) is 6.07 Å². The summed E-state index contributed by atoms with van der Waals surface area (Å²) >= 11 is 0. The number of aryl methyl sites for hydroxylation is 2. The molecule has 0 radical (unpaired) electrons. The Kier molecular flexibility index (Phi) is 5.07. The fraction of sp³-hybridized carbons (Fsp3) is 0.529. The molecule has 0 unspecified atom stereocenters. The van der Waals surface area contributed by atoms with Crippen LogP contribution in [0, 0.1) is 6.92 Å². The van der Waals surface area contributed by atoms with Gasteiger partial charge in [-0.2, -0.15) is 0 Å². The lowest BCUT2D eigenvalue weighted by molar-refractivity contribution is 0.405.